The topological polar surface area (TPSA) is 44.4 Å². The second-order valence-electron chi connectivity index (χ2n) is 5.44. The molecule has 2 aromatic rings. The molecular weight excluding hydrogens is 333 g/mol. The fourth-order valence-corrected chi connectivity index (χ4v) is 3.06. The van der Waals surface area contributed by atoms with Crippen molar-refractivity contribution in [2.45, 2.75) is 12.8 Å². The van der Waals surface area contributed by atoms with Gasteiger partial charge < -0.3 is 15.5 Å². The fourth-order valence-electron chi connectivity index (χ4n) is 2.61. The normalized spacial score (nSPS) is 13.9. The van der Waals surface area contributed by atoms with Gasteiger partial charge in [0.15, 0.2) is 0 Å². The van der Waals surface area contributed by atoms with Crippen molar-refractivity contribution in [1.29, 1.82) is 0 Å². The third-order valence-electron chi connectivity index (χ3n) is 3.78. The number of nitrogens with zero attached hydrogens (tertiary/aromatic N) is 1. The summed E-state index contributed by atoms with van der Waals surface area (Å²) >= 11 is 11.9. The van der Waals surface area contributed by atoms with Crippen molar-refractivity contribution in [2.75, 3.05) is 28.6 Å². The molecule has 1 heterocycles. The quantitative estimate of drug-likeness (QED) is 0.795. The van der Waals surface area contributed by atoms with Crippen molar-refractivity contribution in [3.8, 4) is 0 Å². The monoisotopic (exact) mass is 349 g/mol. The van der Waals surface area contributed by atoms with Crippen molar-refractivity contribution >= 4 is 46.3 Å². The van der Waals surface area contributed by atoms with Gasteiger partial charge in [-0.1, -0.05) is 23.2 Å². The summed E-state index contributed by atoms with van der Waals surface area (Å²) in [5.41, 5.74) is 2.44. The Morgan fingerprint density at radius 2 is 1.65 bits per heavy atom. The summed E-state index contributed by atoms with van der Waals surface area (Å²) in [5, 5.41) is 6.42. The molecule has 120 valence electrons. The molecule has 4 nitrogen and oxygen atoms in total. The Morgan fingerprint density at radius 1 is 0.957 bits per heavy atom. The molecule has 0 saturated carbocycles. The molecule has 0 atom stereocenters. The van der Waals surface area contributed by atoms with Crippen LogP contribution in [0.4, 0.5) is 21.9 Å². The van der Waals surface area contributed by atoms with E-state index in [0.29, 0.717) is 15.7 Å². The first kappa shape index (κ1) is 16.0. The minimum Gasteiger partial charge on any atom is -0.372 e. The number of benzene rings is 2. The van der Waals surface area contributed by atoms with Crippen LogP contribution in [0, 0.1) is 0 Å². The van der Waals surface area contributed by atoms with Gasteiger partial charge in [0, 0.05) is 29.5 Å². The molecule has 1 aliphatic heterocycles. The third-order valence-corrected chi connectivity index (χ3v) is 4.32. The van der Waals surface area contributed by atoms with Crippen LogP contribution in [0.3, 0.4) is 0 Å². The van der Waals surface area contributed by atoms with E-state index in [9.17, 15) is 4.79 Å². The number of hydrogen-bond acceptors (Lipinski definition) is 2. The lowest BCUT2D eigenvalue weighted by Crippen LogP contribution is -2.20. The van der Waals surface area contributed by atoms with Crippen LogP contribution in [-0.4, -0.2) is 19.1 Å². The Labute approximate surface area is 145 Å². The molecule has 1 aliphatic rings. The van der Waals surface area contributed by atoms with Crippen molar-refractivity contribution in [1.82, 2.24) is 0 Å². The summed E-state index contributed by atoms with van der Waals surface area (Å²) in [5.74, 6) is 0. The summed E-state index contributed by atoms with van der Waals surface area (Å²) in [6.07, 6.45) is 2.48. The minimum atomic E-state index is -0.344. The number of carbonyl (C=O) groups excluding carboxylic acids is 1. The lowest BCUT2D eigenvalue weighted by molar-refractivity contribution is 0.262. The molecule has 2 N–H and O–H groups in total. The van der Waals surface area contributed by atoms with E-state index in [4.69, 9.17) is 23.2 Å². The maximum atomic E-state index is 12.0. The molecule has 0 radical (unpaired) electrons. The van der Waals surface area contributed by atoms with Gasteiger partial charge in [-0.2, -0.15) is 0 Å². The fraction of sp³-hybridized carbons (Fsp3) is 0.235. The van der Waals surface area contributed by atoms with Crippen LogP contribution in [0.5, 0.6) is 0 Å². The number of urea groups is 1. The van der Waals surface area contributed by atoms with Crippen molar-refractivity contribution in [2.24, 2.45) is 0 Å². The molecule has 2 amide bonds. The Balaban J connectivity index is 1.61. The number of anilines is 3. The van der Waals surface area contributed by atoms with E-state index in [-0.39, 0.29) is 6.03 Å². The van der Waals surface area contributed by atoms with Crippen molar-refractivity contribution in [3.05, 3.63) is 52.5 Å². The number of amides is 2. The van der Waals surface area contributed by atoms with Crippen LogP contribution < -0.4 is 15.5 Å². The van der Waals surface area contributed by atoms with E-state index in [1.165, 1.54) is 18.5 Å². The van der Waals surface area contributed by atoms with Crippen LogP contribution in [0.1, 0.15) is 12.8 Å². The van der Waals surface area contributed by atoms with Gasteiger partial charge in [0.05, 0.1) is 10.7 Å². The Hall–Kier alpha value is -1.91. The van der Waals surface area contributed by atoms with Crippen LogP contribution in [0.15, 0.2) is 42.5 Å². The number of hydrogen-bond donors (Lipinski definition) is 2. The first-order chi connectivity index (χ1) is 11.1. The van der Waals surface area contributed by atoms with E-state index in [1.807, 2.05) is 24.3 Å². The smallest absolute Gasteiger partial charge is 0.323 e. The molecule has 1 fully saturated rings. The highest BCUT2D eigenvalue weighted by Crippen LogP contribution is 2.26. The SMILES string of the molecule is O=C(Nc1ccc(N2CCCC2)cc1)Nc1ccc(Cl)cc1Cl. The maximum Gasteiger partial charge on any atom is 0.323 e. The summed E-state index contributed by atoms with van der Waals surface area (Å²) < 4.78 is 0. The number of carbonyl (C=O) groups is 1. The zero-order valence-corrected chi connectivity index (χ0v) is 14.0. The van der Waals surface area contributed by atoms with Crippen LogP contribution >= 0.6 is 23.2 Å². The standard InChI is InChI=1S/C17H17Cl2N3O/c18-12-3-8-16(15(19)11-12)21-17(23)20-13-4-6-14(7-5-13)22-9-1-2-10-22/h3-8,11H,1-2,9-10H2,(H2,20,21,23). The molecule has 6 heteroatoms. The molecule has 3 rings (SSSR count). The van der Waals surface area contributed by atoms with Crippen molar-refractivity contribution < 1.29 is 4.79 Å². The highest BCUT2D eigenvalue weighted by atomic mass is 35.5. The molecule has 2 aromatic carbocycles. The first-order valence-corrected chi connectivity index (χ1v) is 8.25. The molecule has 0 unspecified atom stereocenters. The largest absolute Gasteiger partial charge is 0.372 e. The van der Waals surface area contributed by atoms with Gasteiger partial charge >= 0.3 is 6.03 Å². The second-order valence-corrected chi connectivity index (χ2v) is 6.29. The first-order valence-electron chi connectivity index (χ1n) is 7.50. The summed E-state index contributed by atoms with van der Waals surface area (Å²) in [6, 6.07) is 12.4. The average molecular weight is 350 g/mol. The molecule has 0 bridgehead atoms. The molecule has 0 aromatic heterocycles. The van der Waals surface area contributed by atoms with Gasteiger partial charge in [0.2, 0.25) is 0 Å². The molecule has 1 saturated heterocycles. The van der Waals surface area contributed by atoms with E-state index >= 15 is 0 Å². The Morgan fingerprint density at radius 3 is 2.30 bits per heavy atom. The lowest BCUT2D eigenvalue weighted by Gasteiger charge is -2.18. The van der Waals surface area contributed by atoms with Gasteiger partial charge in [-0.15, -0.1) is 0 Å². The average Bonchev–Trinajstić information content (AvgIpc) is 3.05. The van der Waals surface area contributed by atoms with Crippen LogP contribution in [0.2, 0.25) is 10.0 Å². The zero-order chi connectivity index (χ0) is 16.2. The predicted molar refractivity (Wildman–Crippen MR) is 97.0 cm³/mol. The van der Waals surface area contributed by atoms with E-state index < -0.39 is 0 Å². The third kappa shape index (κ3) is 4.09. The van der Waals surface area contributed by atoms with E-state index in [2.05, 4.69) is 15.5 Å². The Bertz CT molecular complexity index is 697. The lowest BCUT2D eigenvalue weighted by atomic mass is 10.2. The zero-order valence-electron chi connectivity index (χ0n) is 12.5. The maximum absolute atomic E-state index is 12.0. The highest BCUT2D eigenvalue weighted by molar-refractivity contribution is 6.36. The van der Waals surface area contributed by atoms with Gasteiger partial charge in [0.1, 0.15) is 0 Å². The summed E-state index contributed by atoms with van der Waals surface area (Å²) in [7, 11) is 0. The predicted octanol–water partition coefficient (Wildman–Crippen LogP) is 5.24. The molecule has 0 spiro atoms. The molecule has 23 heavy (non-hydrogen) atoms. The van der Waals surface area contributed by atoms with E-state index in [0.717, 1.165) is 18.8 Å². The van der Waals surface area contributed by atoms with Crippen LogP contribution in [0.25, 0.3) is 0 Å². The number of rotatable bonds is 3. The molecule has 0 aliphatic carbocycles. The highest BCUT2D eigenvalue weighted by Gasteiger charge is 2.12. The van der Waals surface area contributed by atoms with E-state index in [1.54, 1.807) is 18.2 Å². The summed E-state index contributed by atoms with van der Waals surface area (Å²) in [6.45, 7) is 2.20. The Kier molecular flexibility index (Phi) is 4.94. The van der Waals surface area contributed by atoms with Gasteiger partial charge in [0.25, 0.3) is 0 Å². The van der Waals surface area contributed by atoms with Gasteiger partial charge in [-0.25, -0.2) is 4.79 Å². The molecular formula is C17H17Cl2N3O. The van der Waals surface area contributed by atoms with Crippen molar-refractivity contribution in [3.63, 3.8) is 0 Å². The summed E-state index contributed by atoms with van der Waals surface area (Å²) in [4.78, 5) is 14.4. The van der Waals surface area contributed by atoms with Gasteiger partial charge in [-0.3, -0.25) is 0 Å². The second kappa shape index (κ2) is 7.11. The number of nitrogens with one attached hydrogen (secondary N) is 2. The number of halogens is 2. The minimum absolute atomic E-state index is 0.344. The van der Waals surface area contributed by atoms with Gasteiger partial charge in [-0.05, 0) is 55.3 Å². The van der Waals surface area contributed by atoms with Crippen LogP contribution in [-0.2, 0) is 0 Å².